The minimum Gasteiger partial charge on any atom is -0.369 e. The number of urea groups is 1. The van der Waals surface area contributed by atoms with Gasteiger partial charge in [0.15, 0.2) is 0 Å². The number of nitrogens with one attached hydrogen (secondary N) is 2. The fraction of sp³-hybridized carbons (Fsp3) is 0.316. The summed E-state index contributed by atoms with van der Waals surface area (Å²) >= 11 is 0. The molecule has 0 aromatic heterocycles. The lowest BCUT2D eigenvalue weighted by Gasteiger charge is -2.35. The first-order valence-corrected chi connectivity index (χ1v) is 10.7. The molecule has 0 spiro atoms. The van der Waals surface area contributed by atoms with Crippen molar-refractivity contribution < 1.29 is 22.0 Å². The SMILES string of the molecule is O=C(NCCS(=O)(=O)N1CCN(c2ccc(F)cc2)CC1)Nc1ccccc1F. The van der Waals surface area contributed by atoms with Crippen LogP contribution in [0.5, 0.6) is 0 Å². The molecule has 1 heterocycles. The summed E-state index contributed by atoms with van der Waals surface area (Å²) in [6.45, 7) is 1.50. The second-order valence-electron chi connectivity index (χ2n) is 6.54. The zero-order valence-electron chi connectivity index (χ0n) is 15.6. The summed E-state index contributed by atoms with van der Waals surface area (Å²) in [5.41, 5.74) is 0.861. The van der Waals surface area contributed by atoms with E-state index in [0.29, 0.717) is 26.2 Å². The molecule has 156 valence electrons. The Labute approximate surface area is 168 Å². The first-order valence-electron chi connectivity index (χ1n) is 9.13. The first kappa shape index (κ1) is 21.0. The van der Waals surface area contributed by atoms with Crippen LogP contribution in [0.4, 0.5) is 25.0 Å². The molecule has 2 aromatic rings. The Hall–Kier alpha value is -2.72. The summed E-state index contributed by atoms with van der Waals surface area (Å²) in [7, 11) is -3.54. The molecule has 0 unspecified atom stereocenters. The number of anilines is 2. The van der Waals surface area contributed by atoms with Crippen LogP contribution in [0.25, 0.3) is 0 Å². The van der Waals surface area contributed by atoms with Gasteiger partial charge in [-0.25, -0.2) is 22.0 Å². The molecule has 0 bridgehead atoms. The molecule has 10 heteroatoms. The van der Waals surface area contributed by atoms with Crippen molar-refractivity contribution >= 4 is 27.4 Å². The topological polar surface area (TPSA) is 81.8 Å². The minimum absolute atomic E-state index is 0.0183. The molecule has 1 aliphatic rings. The van der Waals surface area contributed by atoms with Crippen LogP contribution in [0.2, 0.25) is 0 Å². The van der Waals surface area contributed by atoms with Gasteiger partial charge in [0, 0.05) is 38.4 Å². The van der Waals surface area contributed by atoms with Gasteiger partial charge in [-0.15, -0.1) is 0 Å². The summed E-state index contributed by atoms with van der Waals surface area (Å²) in [5.74, 6) is -1.15. The van der Waals surface area contributed by atoms with Gasteiger partial charge in [0.25, 0.3) is 0 Å². The molecule has 1 fully saturated rings. The number of benzene rings is 2. The molecule has 0 saturated carbocycles. The van der Waals surface area contributed by atoms with Crippen LogP contribution in [0.1, 0.15) is 0 Å². The van der Waals surface area contributed by atoms with E-state index in [1.165, 1.54) is 34.6 Å². The van der Waals surface area contributed by atoms with Crippen molar-refractivity contribution in [1.29, 1.82) is 0 Å². The minimum atomic E-state index is -3.54. The standard InChI is InChI=1S/C19H22F2N4O3S/c20-15-5-7-16(8-6-15)24-10-12-25(13-11-24)29(27,28)14-9-22-19(26)23-18-4-2-1-3-17(18)21/h1-8H,9-14H2,(H2,22,23,26). The summed E-state index contributed by atoms with van der Waals surface area (Å²) in [4.78, 5) is 13.8. The lowest BCUT2D eigenvalue weighted by atomic mass is 10.2. The molecule has 2 N–H and O–H groups in total. The Morgan fingerprint density at radius 1 is 0.966 bits per heavy atom. The number of halogens is 2. The van der Waals surface area contributed by atoms with Crippen molar-refractivity contribution in [2.45, 2.75) is 0 Å². The summed E-state index contributed by atoms with van der Waals surface area (Å²) in [5, 5.41) is 4.76. The number of rotatable bonds is 6. The zero-order valence-corrected chi connectivity index (χ0v) is 16.5. The molecule has 0 atom stereocenters. The maximum Gasteiger partial charge on any atom is 0.319 e. The molecular formula is C19H22F2N4O3S. The number of sulfonamides is 1. The average molecular weight is 424 g/mol. The highest BCUT2D eigenvalue weighted by atomic mass is 32.2. The molecule has 1 aliphatic heterocycles. The molecule has 1 saturated heterocycles. The van der Waals surface area contributed by atoms with Crippen molar-refractivity contribution in [1.82, 2.24) is 9.62 Å². The monoisotopic (exact) mass is 424 g/mol. The molecule has 2 amide bonds. The Morgan fingerprint density at radius 2 is 1.62 bits per heavy atom. The van der Waals surface area contributed by atoms with Gasteiger partial charge in [-0.05, 0) is 36.4 Å². The Balaban J connectivity index is 1.45. The third-order valence-electron chi connectivity index (χ3n) is 4.59. The van der Waals surface area contributed by atoms with E-state index in [1.807, 2.05) is 4.90 Å². The van der Waals surface area contributed by atoms with E-state index < -0.39 is 21.9 Å². The van der Waals surface area contributed by atoms with Gasteiger partial charge < -0.3 is 15.5 Å². The maximum absolute atomic E-state index is 13.5. The molecule has 7 nitrogen and oxygen atoms in total. The number of hydrogen-bond acceptors (Lipinski definition) is 4. The van der Waals surface area contributed by atoms with E-state index in [-0.39, 0.29) is 23.8 Å². The van der Waals surface area contributed by atoms with Crippen LogP contribution in [0, 0.1) is 11.6 Å². The number of nitrogens with zero attached hydrogens (tertiary/aromatic N) is 2. The summed E-state index contributed by atoms with van der Waals surface area (Å²) in [6, 6.07) is 11.1. The summed E-state index contributed by atoms with van der Waals surface area (Å²) in [6.07, 6.45) is 0. The zero-order chi connectivity index (χ0) is 20.9. The van der Waals surface area contributed by atoms with E-state index in [9.17, 15) is 22.0 Å². The van der Waals surface area contributed by atoms with Crippen LogP contribution in [-0.2, 0) is 10.0 Å². The second kappa shape index (κ2) is 9.19. The van der Waals surface area contributed by atoms with E-state index in [4.69, 9.17) is 0 Å². The van der Waals surface area contributed by atoms with Gasteiger partial charge in [-0.2, -0.15) is 4.31 Å². The smallest absolute Gasteiger partial charge is 0.319 e. The number of amides is 2. The van der Waals surface area contributed by atoms with Crippen LogP contribution in [0.15, 0.2) is 48.5 Å². The van der Waals surface area contributed by atoms with Crippen LogP contribution in [-0.4, -0.2) is 57.2 Å². The number of hydrogen-bond donors (Lipinski definition) is 2. The fourth-order valence-corrected chi connectivity index (χ4v) is 4.37. The highest BCUT2D eigenvalue weighted by molar-refractivity contribution is 7.89. The third-order valence-corrected chi connectivity index (χ3v) is 6.46. The fourth-order valence-electron chi connectivity index (χ4n) is 3.03. The normalized spacial score (nSPS) is 15.2. The van der Waals surface area contributed by atoms with Crippen LogP contribution in [0.3, 0.4) is 0 Å². The predicted octanol–water partition coefficient (Wildman–Crippen LogP) is 2.24. The van der Waals surface area contributed by atoms with E-state index in [1.54, 1.807) is 18.2 Å². The van der Waals surface area contributed by atoms with Gasteiger partial charge in [0.1, 0.15) is 11.6 Å². The lowest BCUT2D eigenvalue weighted by molar-refractivity contribution is 0.252. The van der Waals surface area contributed by atoms with Gasteiger partial charge in [0.05, 0.1) is 11.4 Å². The summed E-state index contributed by atoms with van der Waals surface area (Å²) < 4.78 is 52.9. The van der Waals surface area contributed by atoms with Crippen LogP contribution < -0.4 is 15.5 Å². The highest BCUT2D eigenvalue weighted by Gasteiger charge is 2.26. The molecular weight excluding hydrogens is 402 g/mol. The number of carbonyl (C=O) groups excluding carboxylic acids is 1. The van der Waals surface area contributed by atoms with Crippen molar-refractivity contribution in [2.75, 3.05) is 48.7 Å². The molecule has 3 rings (SSSR count). The lowest BCUT2D eigenvalue weighted by Crippen LogP contribution is -2.50. The van der Waals surface area contributed by atoms with E-state index in [0.717, 1.165) is 5.69 Å². The van der Waals surface area contributed by atoms with Crippen molar-refractivity contribution in [3.63, 3.8) is 0 Å². The van der Waals surface area contributed by atoms with Crippen molar-refractivity contribution in [3.8, 4) is 0 Å². The van der Waals surface area contributed by atoms with Gasteiger partial charge in [-0.3, -0.25) is 0 Å². The quantitative estimate of drug-likeness (QED) is 0.745. The Kier molecular flexibility index (Phi) is 6.65. The number of piperazine rings is 1. The van der Waals surface area contributed by atoms with Gasteiger partial charge >= 0.3 is 6.03 Å². The predicted molar refractivity (Wildman–Crippen MR) is 107 cm³/mol. The van der Waals surface area contributed by atoms with Crippen molar-refractivity contribution in [2.24, 2.45) is 0 Å². The van der Waals surface area contributed by atoms with Crippen LogP contribution >= 0.6 is 0 Å². The second-order valence-corrected chi connectivity index (χ2v) is 8.63. The van der Waals surface area contributed by atoms with Crippen molar-refractivity contribution in [3.05, 3.63) is 60.2 Å². The highest BCUT2D eigenvalue weighted by Crippen LogP contribution is 2.18. The molecule has 29 heavy (non-hydrogen) atoms. The van der Waals surface area contributed by atoms with E-state index in [2.05, 4.69) is 10.6 Å². The average Bonchev–Trinajstić information content (AvgIpc) is 2.70. The largest absolute Gasteiger partial charge is 0.369 e. The van der Waals surface area contributed by atoms with Gasteiger partial charge in [0.2, 0.25) is 10.0 Å². The first-order chi connectivity index (χ1) is 13.8. The van der Waals surface area contributed by atoms with Gasteiger partial charge in [-0.1, -0.05) is 12.1 Å². The Morgan fingerprint density at radius 3 is 2.28 bits per heavy atom. The maximum atomic E-state index is 13.5. The number of carbonyl (C=O) groups is 1. The Bertz CT molecular complexity index is 946. The van der Waals surface area contributed by atoms with E-state index >= 15 is 0 Å². The molecule has 2 aromatic carbocycles. The third kappa shape index (κ3) is 5.64. The molecule has 0 aliphatic carbocycles. The number of para-hydroxylation sites is 1. The molecule has 0 radical (unpaired) electrons.